The first-order valence-corrected chi connectivity index (χ1v) is 5.16. The van der Waals surface area contributed by atoms with E-state index in [0.29, 0.717) is 0 Å². The van der Waals surface area contributed by atoms with Gasteiger partial charge in [0, 0.05) is 6.08 Å². The molecular formula is C12H11ClO2. The number of methoxy groups -OCH3 is 1. The lowest BCUT2D eigenvalue weighted by Gasteiger charge is -2.03. The lowest BCUT2D eigenvalue weighted by atomic mass is 10.1. The summed E-state index contributed by atoms with van der Waals surface area (Å²) >= 11 is 5.34. The molecule has 0 N–H and O–H groups in total. The molecule has 3 heteroatoms. The van der Waals surface area contributed by atoms with Crippen LogP contribution in [0.3, 0.4) is 0 Å². The maximum Gasteiger partial charge on any atom is 0.245 e. The van der Waals surface area contributed by atoms with Crippen molar-refractivity contribution in [2.24, 2.45) is 0 Å². The molecule has 0 atom stereocenters. The number of carbonyl (C=O) groups is 1. The number of carbonyl (C=O) groups excluding carboxylic acids is 1. The average molecular weight is 223 g/mol. The van der Waals surface area contributed by atoms with Crippen molar-refractivity contribution in [1.29, 1.82) is 0 Å². The van der Waals surface area contributed by atoms with Gasteiger partial charge in [-0.2, -0.15) is 0 Å². The van der Waals surface area contributed by atoms with Crippen LogP contribution in [0.25, 0.3) is 5.57 Å². The summed E-state index contributed by atoms with van der Waals surface area (Å²) in [7, 11) is 1.65. The van der Waals surface area contributed by atoms with E-state index >= 15 is 0 Å². The van der Waals surface area contributed by atoms with E-state index in [9.17, 15) is 4.79 Å². The third-order valence-electron chi connectivity index (χ3n) is 2.61. The number of hydrogen-bond acceptors (Lipinski definition) is 2. The smallest absolute Gasteiger partial charge is 0.245 e. The molecule has 1 aromatic carbocycles. The summed E-state index contributed by atoms with van der Waals surface area (Å²) in [6.07, 6.45) is 3.32. The molecule has 15 heavy (non-hydrogen) atoms. The largest absolute Gasteiger partial charge is 0.497 e. The average Bonchev–Trinajstić information content (AvgIpc) is 2.60. The van der Waals surface area contributed by atoms with Gasteiger partial charge in [-0.3, -0.25) is 4.79 Å². The van der Waals surface area contributed by atoms with Gasteiger partial charge in [0.1, 0.15) is 5.75 Å². The van der Waals surface area contributed by atoms with Crippen molar-refractivity contribution in [1.82, 2.24) is 0 Å². The Hall–Kier alpha value is -1.28. The molecule has 0 aromatic heterocycles. The van der Waals surface area contributed by atoms with E-state index in [-0.39, 0.29) is 0 Å². The van der Waals surface area contributed by atoms with Crippen LogP contribution in [0.1, 0.15) is 17.5 Å². The first-order chi connectivity index (χ1) is 7.20. The number of rotatable bonds is 2. The minimum Gasteiger partial charge on any atom is -0.497 e. The van der Waals surface area contributed by atoms with Gasteiger partial charge >= 0.3 is 0 Å². The first kappa shape index (κ1) is 10.2. The number of benzene rings is 1. The highest BCUT2D eigenvalue weighted by atomic mass is 35.5. The molecule has 0 heterocycles. The van der Waals surface area contributed by atoms with Crippen molar-refractivity contribution >= 4 is 22.4 Å². The fraction of sp³-hybridized carbons (Fsp3) is 0.250. The quantitative estimate of drug-likeness (QED) is 0.568. The van der Waals surface area contributed by atoms with Crippen LogP contribution in [0.5, 0.6) is 5.75 Å². The maximum atomic E-state index is 10.8. The van der Waals surface area contributed by atoms with E-state index in [0.717, 1.165) is 29.7 Å². The van der Waals surface area contributed by atoms with Gasteiger partial charge in [0.2, 0.25) is 5.24 Å². The Balaban J connectivity index is 2.40. The fourth-order valence-corrected chi connectivity index (χ4v) is 2.04. The van der Waals surface area contributed by atoms with Crippen molar-refractivity contribution in [2.45, 2.75) is 12.8 Å². The lowest BCUT2D eigenvalue weighted by Crippen LogP contribution is -1.87. The molecule has 0 fully saturated rings. The van der Waals surface area contributed by atoms with Gasteiger partial charge in [-0.15, -0.1) is 0 Å². The molecule has 2 rings (SSSR count). The van der Waals surface area contributed by atoms with Gasteiger partial charge < -0.3 is 4.74 Å². The molecule has 0 bridgehead atoms. The molecule has 0 radical (unpaired) electrons. The fourth-order valence-electron chi connectivity index (χ4n) is 1.91. The first-order valence-electron chi connectivity index (χ1n) is 4.78. The highest BCUT2D eigenvalue weighted by Crippen LogP contribution is 2.34. The zero-order valence-corrected chi connectivity index (χ0v) is 9.17. The Morgan fingerprint density at radius 1 is 1.47 bits per heavy atom. The van der Waals surface area contributed by atoms with Crippen molar-refractivity contribution in [2.75, 3.05) is 7.11 Å². The predicted octanol–water partition coefficient (Wildman–Crippen LogP) is 2.79. The van der Waals surface area contributed by atoms with Crippen LogP contribution >= 0.6 is 11.6 Å². The zero-order valence-electron chi connectivity index (χ0n) is 8.42. The van der Waals surface area contributed by atoms with E-state index in [1.807, 2.05) is 18.2 Å². The molecule has 78 valence electrons. The SMILES string of the molecule is COc1ccc2c(c1)CCC2=CC(=O)Cl. The van der Waals surface area contributed by atoms with Gasteiger partial charge in [0.15, 0.2) is 0 Å². The third-order valence-corrected chi connectivity index (χ3v) is 2.72. The van der Waals surface area contributed by atoms with Crippen LogP contribution in [0, 0.1) is 0 Å². The molecule has 0 spiro atoms. The number of aryl methyl sites for hydroxylation is 1. The Labute approximate surface area is 93.5 Å². The van der Waals surface area contributed by atoms with E-state index in [1.54, 1.807) is 7.11 Å². The van der Waals surface area contributed by atoms with Gasteiger partial charge in [-0.25, -0.2) is 0 Å². The van der Waals surface area contributed by atoms with Gasteiger partial charge in [0.05, 0.1) is 7.11 Å². The van der Waals surface area contributed by atoms with Gasteiger partial charge in [-0.05, 0) is 53.3 Å². The molecule has 1 aliphatic carbocycles. The van der Waals surface area contributed by atoms with Crippen LogP contribution in [0.15, 0.2) is 24.3 Å². The predicted molar refractivity (Wildman–Crippen MR) is 60.2 cm³/mol. The molecule has 0 amide bonds. The zero-order chi connectivity index (χ0) is 10.8. The van der Waals surface area contributed by atoms with Crippen LogP contribution < -0.4 is 4.74 Å². The summed E-state index contributed by atoms with van der Waals surface area (Å²) in [5.74, 6) is 0.854. The summed E-state index contributed by atoms with van der Waals surface area (Å²) in [6.45, 7) is 0. The number of hydrogen-bond donors (Lipinski definition) is 0. The number of halogens is 1. The molecule has 1 aromatic rings. The highest BCUT2D eigenvalue weighted by Gasteiger charge is 2.17. The third kappa shape index (κ3) is 2.05. The normalized spacial score (nSPS) is 16.5. The molecule has 0 saturated carbocycles. The highest BCUT2D eigenvalue weighted by molar-refractivity contribution is 6.67. The lowest BCUT2D eigenvalue weighted by molar-refractivity contribution is -0.107. The summed E-state index contributed by atoms with van der Waals surface area (Å²) < 4.78 is 5.14. The van der Waals surface area contributed by atoms with Crippen molar-refractivity contribution in [3.8, 4) is 5.75 Å². The second-order valence-corrected chi connectivity index (χ2v) is 3.87. The van der Waals surface area contributed by atoms with E-state index in [2.05, 4.69) is 0 Å². The molecule has 0 unspecified atom stereocenters. The van der Waals surface area contributed by atoms with Crippen molar-refractivity contribution in [3.05, 3.63) is 35.4 Å². The molecule has 2 nitrogen and oxygen atoms in total. The second kappa shape index (κ2) is 4.07. The minimum absolute atomic E-state index is 0.409. The van der Waals surface area contributed by atoms with Crippen LogP contribution in [-0.2, 0) is 11.2 Å². The van der Waals surface area contributed by atoms with E-state index in [4.69, 9.17) is 16.3 Å². The van der Waals surface area contributed by atoms with Crippen molar-refractivity contribution in [3.63, 3.8) is 0 Å². The van der Waals surface area contributed by atoms with E-state index in [1.165, 1.54) is 11.6 Å². The molecule has 0 aliphatic heterocycles. The Bertz CT molecular complexity index is 435. The Morgan fingerprint density at radius 3 is 2.93 bits per heavy atom. The Morgan fingerprint density at radius 2 is 2.27 bits per heavy atom. The molecular weight excluding hydrogens is 212 g/mol. The minimum atomic E-state index is -0.409. The number of ether oxygens (including phenoxy) is 1. The molecule has 0 saturated heterocycles. The van der Waals surface area contributed by atoms with Crippen LogP contribution in [-0.4, -0.2) is 12.4 Å². The van der Waals surface area contributed by atoms with Crippen molar-refractivity contribution < 1.29 is 9.53 Å². The van der Waals surface area contributed by atoms with Crippen LogP contribution in [0.2, 0.25) is 0 Å². The van der Waals surface area contributed by atoms with E-state index < -0.39 is 5.24 Å². The second-order valence-electron chi connectivity index (χ2n) is 3.50. The maximum absolute atomic E-state index is 10.8. The standard InChI is InChI=1S/C12H11ClO2/c1-15-10-4-5-11-8(6-10)2-3-9(11)7-12(13)14/h4-7H,2-3H2,1H3. The van der Waals surface area contributed by atoms with Gasteiger partial charge in [-0.1, -0.05) is 6.07 Å². The summed E-state index contributed by atoms with van der Waals surface area (Å²) in [4.78, 5) is 10.8. The summed E-state index contributed by atoms with van der Waals surface area (Å²) in [6, 6.07) is 5.89. The monoisotopic (exact) mass is 222 g/mol. The number of allylic oxidation sites excluding steroid dienone is 2. The molecule has 1 aliphatic rings. The Kier molecular flexibility index (Phi) is 2.78. The van der Waals surface area contributed by atoms with Gasteiger partial charge in [0.25, 0.3) is 0 Å². The number of fused-ring (bicyclic) bond motifs is 1. The summed E-state index contributed by atoms with van der Waals surface area (Å²) in [5, 5.41) is -0.409. The van der Waals surface area contributed by atoms with Crippen LogP contribution in [0.4, 0.5) is 0 Å². The summed E-state index contributed by atoms with van der Waals surface area (Å²) in [5.41, 5.74) is 3.36. The topological polar surface area (TPSA) is 26.3 Å².